The van der Waals surface area contributed by atoms with Crippen LogP contribution in [0.1, 0.15) is 11.3 Å². The van der Waals surface area contributed by atoms with Crippen LogP contribution in [0.25, 0.3) is 0 Å². The van der Waals surface area contributed by atoms with Crippen LogP contribution in [-0.2, 0) is 5.33 Å². The number of aryl methyl sites for hydroxylation is 1. The van der Waals surface area contributed by atoms with E-state index < -0.39 is 0 Å². The van der Waals surface area contributed by atoms with E-state index >= 15 is 0 Å². The van der Waals surface area contributed by atoms with Gasteiger partial charge in [-0.2, -0.15) is 9.89 Å². The Balaban J connectivity index is 2.34. The van der Waals surface area contributed by atoms with E-state index in [9.17, 15) is 4.79 Å². The molecule has 0 aliphatic heterocycles. The van der Waals surface area contributed by atoms with E-state index in [0.29, 0.717) is 5.33 Å². The molecule has 1 N–H and O–H groups in total. The van der Waals surface area contributed by atoms with Gasteiger partial charge in [-0.15, -0.1) is 0 Å². The number of pyridine rings is 1. The molecular weight excluding hydrogens is 272 g/mol. The van der Waals surface area contributed by atoms with Gasteiger partial charge in [0.1, 0.15) is 0 Å². The van der Waals surface area contributed by atoms with Gasteiger partial charge in [0, 0.05) is 17.6 Å². The maximum atomic E-state index is 11.6. The zero-order valence-electron chi connectivity index (χ0n) is 8.72. The molecule has 0 radical (unpaired) electrons. The van der Waals surface area contributed by atoms with Gasteiger partial charge in [0.15, 0.2) is 0 Å². The van der Waals surface area contributed by atoms with Crippen LogP contribution in [0.15, 0.2) is 35.4 Å². The van der Waals surface area contributed by atoms with Crippen LogP contribution < -0.4 is 11.1 Å². The van der Waals surface area contributed by atoms with Crippen molar-refractivity contribution in [3.05, 3.63) is 52.2 Å². The number of hydrogen-bond donors (Lipinski definition) is 1. The zero-order chi connectivity index (χ0) is 11.5. The van der Waals surface area contributed by atoms with Crippen LogP contribution in [0.3, 0.4) is 0 Å². The van der Waals surface area contributed by atoms with Crippen molar-refractivity contribution in [1.82, 2.24) is 14.6 Å². The predicted molar refractivity (Wildman–Crippen MR) is 65.1 cm³/mol. The van der Waals surface area contributed by atoms with Crippen molar-refractivity contribution < 1.29 is 0 Å². The van der Waals surface area contributed by atoms with Crippen molar-refractivity contribution in [2.24, 2.45) is 0 Å². The molecule has 0 aliphatic carbocycles. The van der Waals surface area contributed by atoms with Gasteiger partial charge < -0.3 is 0 Å². The third-order valence-electron chi connectivity index (χ3n) is 2.16. The second-order valence-electron chi connectivity index (χ2n) is 3.36. The predicted octanol–water partition coefficient (Wildman–Crippen LogP) is 1.25. The summed E-state index contributed by atoms with van der Waals surface area (Å²) in [7, 11) is 0. The fraction of sp³-hybridized carbons (Fsp3) is 0.200. The van der Waals surface area contributed by atoms with Gasteiger partial charge >= 0.3 is 0 Å². The first-order chi connectivity index (χ1) is 7.70. The molecule has 2 heterocycles. The third kappa shape index (κ3) is 2.16. The molecular formula is C10H11BrN4O. The first-order valence-electron chi connectivity index (χ1n) is 4.76. The molecule has 84 valence electrons. The summed E-state index contributed by atoms with van der Waals surface area (Å²) in [4.78, 5) is 13.1. The summed E-state index contributed by atoms with van der Waals surface area (Å²) >= 11 is 3.34. The average molecular weight is 283 g/mol. The number of alkyl halides is 1. The highest BCUT2D eigenvalue weighted by Crippen LogP contribution is 2.01. The Labute approximate surface area is 101 Å². The highest BCUT2D eigenvalue weighted by Gasteiger charge is 2.00. The molecule has 0 saturated carbocycles. The van der Waals surface area contributed by atoms with E-state index in [2.05, 4.69) is 26.6 Å². The van der Waals surface area contributed by atoms with Gasteiger partial charge in [-0.3, -0.25) is 4.79 Å². The first kappa shape index (κ1) is 10.9. The molecule has 0 spiro atoms. The number of nitrogens with one attached hydrogen (secondary N) is 1. The van der Waals surface area contributed by atoms with Crippen LogP contribution in [0, 0.1) is 6.92 Å². The number of halogens is 1. The van der Waals surface area contributed by atoms with E-state index in [-0.39, 0.29) is 5.56 Å². The summed E-state index contributed by atoms with van der Waals surface area (Å²) in [5.74, 6) is 0. The third-order valence-corrected chi connectivity index (χ3v) is 2.81. The lowest BCUT2D eigenvalue weighted by molar-refractivity contribution is 0.638. The maximum Gasteiger partial charge on any atom is 0.270 e. The Kier molecular flexibility index (Phi) is 3.09. The molecule has 0 fully saturated rings. The molecule has 2 rings (SSSR count). The van der Waals surface area contributed by atoms with Crippen LogP contribution in [0.4, 0.5) is 0 Å². The first-order valence-corrected chi connectivity index (χ1v) is 5.88. The molecule has 5 nitrogen and oxygen atoms in total. The van der Waals surface area contributed by atoms with E-state index in [1.165, 1.54) is 10.7 Å². The van der Waals surface area contributed by atoms with Crippen molar-refractivity contribution in [3.63, 3.8) is 0 Å². The number of nitrogens with zero attached hydrogens (tertiary/aromatic N) is 3. The number of hydrogen-bond acceptors (Lipinski definition) is 3. The van der Waals surface area contributed by atoms with Gasteiger partial charge in [0.25, 0.3) is 5.56 Å². The fourth-order valence-electron chi connectivity index (χ4n) is 1.26. The molecule has 0 aromatic carbocycles. The molecule has 6 heteroatoms. The van der Waals surface area contributed by atoms with Gasteiger partial charge in [-0.1, -0.05) is 22.0 Å². The molecule has 0 saturated heterocycles. The van der Waals surface area contributed by atoms with Crippen LogP contribution in [0.5, 0.6) is 0 Å². The lowest BCUT2D eigenvalue weighted by Crippen LogP contribution is -2.32. The second-order valence-corrected chi connectivity index (χ2v) is 3.92. The molecule has 0 atom stereocenters. The number of rotatable bonds is 3. The highest BCUT2D eigenvalue weighted by molar-refractivity contribution is 9.08. The normalized spacial score (nSPS) is 10.4. The quantitative estimate of drug-likeness (QED) is 0.863. The molecule has 16 heavy (non-hydrogen) atoms. The Bertz CT molecular complexity index is 546. The lowest BCUT2D eigenvalue weighted by atomic mass is 10.3. The summed E-state index contributed by atoms with van der Waals surface area (Å²) in [6, 6.07) is 5.15. The molecule has 2 aromatic heterocycles. The van der Waals surface area contributed by atoms with Crippen molar-refractivity contribution in [3.8, 4) is 0 Å². The second kappa shape index (κ2) is 4.52. The topological polar surface area (TPSA) is 51.9 Å². The Morgan fingerprint density at radius 1 is 1.44 bits per heavy atom. The minimum atomic E-state index is -0.125. The van der Waals surface area contributed by atoms with Crippen LogP contribution >= 0.6 is 15.9 Å². The van der Waals surface area contributed by atoms with Crippen molar-refractivity contribution in [2.75, 3.05) is 5.53 Å². The van der Waals surface area contributed by atoms with Gasteiger partial charge in [0.2, 0.25) is 0 Å². The highest BCUT2D eigenvalue weighted by atomic mass is 79.9. The molecule has 2 aromatic rings. The van der Waals surface area contributed by atoms with Gasteiger partial charge in [-0.05, 0) is 18.6 Å². The van der Waals surface area contributed by atoms with Crippen molar-refractivity contribution in [2.45, 2.75) is 12.3 Å². The molecule has 0 bridgehead atoms. The minimum absolute atomic E-state index is 0.125. The Hall–Kier alpha value is -1.56. The monoisotopic (exact) mass is 282 g/mol. The smallest absolute Gasteiger partial charge is 0.267 e. The van der Waals surface area contributed by atoms with E-state index in [0.717, 1.165) is 11.3 Å². The largest absolute Gasteiger partial charge is 0.270 e. The summed E-state index contributed by atoms with van der Waals surface area (Å²) < 4.78 is 1.40. The Morgan fingerprint density at radius 3 is 2.88 bits per heavy atom. The maximum absolute atomic E-state index is 11.6. The minimum Gasteiger partial charge on any atom is -0.267 e. The summed E-state index contributed by atoms with van der Waals surface area (Å²) in [5, 5.41) is 4.74. The zero-order valence-corrected chi connectivity index (χ0v) is 10.3. The standard InChI is InChI=1S/C10H11BrN4O/c1-8-4-5-12-15(8)13-14-7-9(6-11)2-3-10(14)16/h2-5,7,13H,6H2,1H3. The lowest BCUT2D eigenvalue weighted by Gasteiger charge is -2.11. The fourth-order valence-corrected chi connectivity index (χ4v) is 1.60. The molecule has 0 amide bonds. The molecule has 0 unspecified atom stereocenters. The Morgan fingerprint density at radius 2 is 2.25 bits per heavy atom. The SMILES string of the molecule is Cc1ccnn1Nn1cc(CBr)ccc1=O. The van der Waals surface area contributed by atoms with E-state index in [1.807, 2.05) is 13.0 Å². The average Bonchev–Trinajstić information content (AvgIpc) is 2.68. The van der Waals surface area contributed by atoms with E-state index in [1.54, 1.807) is 23.3 Å². The van der Waals surface area contributed by atoms with Crippen LogP contribution in [-0.4, -0.2) is 14.6 Å². The van der Waals surface area contributed by atoms with Crippen molar-refractivity contribution in [1.29, 1.82) is 0 Å². The van der Waals surface area contributed by atoms with E-state index in [4.69, 9.17) is 0 Å². The number of aromatic nitrogens is 3. The van der Waals surface area contributed by atoms with Crippen molar-refractivity contribution >= 4 is 15.9 Å². The van der Waals surface area contributed by atoms with Gasteiger partial charge in [-0.25, -0.2) is 10.2 Å². The van der Waals surface area contributed by atoms with Crippen LogP contribution in [0.2, 0.25) is 0 Å². The van der Waals surface area contributed by atoms with Gasteiger partial charge in [0.05, 0.1) is 11.9 Å². The summed E-state index contributed by atoms with van der Waals surface area (Å²) in [5.41, 5.74) is 4.70. The molecule has 0 aliphatic rings. The summed E-state index contributed by atoms with van der Waals surface area (Å²) in [6.45, 7) is 1.90. The summed E-state index contributed by atoms with van der Waals surface area (Å²) in [6.07, 6.45) is 3.40.